The smallest absolute Gasteiger partial charge is 0.285 e. The highest BCUT2D eigenvalue weighted by molar-refractivity contribution is 6.33. The van der Waals surface area contributed by atoms with E-state index in [2.05, 4.69) is 15.3 Å². The predicted molar refractivity (Wildman–Crippen MR) is 104 cm³/mol. The van der Waals surface area contributed by atoms with E-state index in [9.17, 15) is 13.6 Å². The molecule has 7 nitrogen and oxygen atoms in total. The summed E-state index contributed by atoms with van der Waals surface area (Å²) in [6.45, 7) is 1.21. The number of aromatic amines is 1. The molecule has 0 spiro atoms. The second-order valence-corrected chi connectivity index (χ2v) is 7.04. The fourth-order valence-electron chi connectivity index (χ4n) is 3.61. The van der Waals surface area contributed by atoms with E-state index in [1.165, 1.54) is 19.4 Å². The Kier molecular flexibility index (Phi) is 5.23. The minimum absolute atomic E-state index is 0.00507. The van der Waals surface area contributed by atoms with Gasteiger partial charge in [-0.15, -0.1) is 5.10 Å². The number of benzene rings is 1. The Morgan fingerprint density at radius 2 is 2.14 bits per heavy atom. The maximum Gasteiger partial charge on any atom is 0.285 e. The van der Waals surface area contributed by atoms with Crippen LogP contribution < -0.4 is 15.2 Å². The number of hydrogen-bond acceptors (Lipinski definition) is 5. The van der Waals surface area contributed by atoms with E-state index in [4.69, 9.17) is 16.3 Å². The van der Waals surface area contributed by atoms with E-state index in [1.807, 2.05) is 4.90 Å². The fourth-order valence-corrected chi connectivity index (χ4v) is 3.82. The number of nitrogens with zero attached hydrogens (tertiary/aromatic N) is 4. The Labute approximate surface area is 169 Å². The van der Waals surface area contributed by atoms with Gasteiger partial charge in [-0.3, -0.25) is 9.48 Å². The maximum absolute atomic E-state index is 13.3. The van der Waals surface area contributed by atoms with Crippen molar-refractivity contribution >= 4 is 17.3 Å². The molecule has 1 aliphatic heterocycles. The molecule has 0 saturated heterocycles. The topological polar surface area (TPSA) is 76.0 Å². The standard InChI is InChI=1S/C19H18ClF2N5O2/c1-29-19-13-10-26(15-8-23-24-18(28)16(15)20)7-6-14(13)27(25-19)9-11-4-2-3-5-12(11)17(21)22/h2-5,8,17H,6-7,9-10H2,1H3,(H,24,28). The van der Waals surface area contributed by atoms with Gasteiger partial charge in [-0.2, -0.15) is 5.10 Å². The van der Waals surface area contributed by atoms with Gasteiger partial charge < -0.3 is 9.64 Å². The molecule has 3 aromatic rings. The van der Waals surface area contributed by atoms with Crippen molar-refractivity contribution in [3.63, 3.8) is 0 Å². The Hall–Kier alpha value is -2.94. The molecule has 10 heteroatoms. The lowest BCUT2D eigenvalue weighted by Crippen LogP contribution is -2.32. The average molecular weight is 422 g/mol. The van der Waals surface area contributed by atoms with Gasteiger partial charge in [0.1, 0.15) is 5.02 Å². The van der Waals surface area contributed by atoms with E-state index in [-0.39, 0.29) is 17.1 Å². The third-order valence-corrected chi connectivity index (χ3v) is 5.38. The average Bonchev–Trinajstić information content (AvgIpc) is 3.07. The molecule has 0 amide bonds. The van der Waals surface area contributed by atoms with E-state index in [1.54, 1.807) is 22.9 Å². The predicted octanol–water partition coefficient (Wildman–Crippen LogP) is 3.18. The first-order valence-electron chi connectivity index (χ1n) is 8.96. The summed E-state index contributed by atoms with van der Waals surface area (Å²) in [5, 5.41) is 10.7. The van der Waals surface area contributed by atoms with Gasteiger partial charge in [0.05, 0.1) is 37.6 Å². The van der Waals surface area contributed by atoms with Crippen LogP contribution in [0.15, 0.2) is 35.3 Å². The van der Waals surface area contributed by atoms with Crippen molar-refractivity contribution < 1.29 is 13.5 Å². The number of hydrogen-bond donors (Lipinski definition) is 1. The molecule has 1 N–H and O–H groups in total. The number of rotatable bonds is 5. The number of anilines is 1. The van der Waals surface area contributed by atoms with Crippen molar-refractivity contribution in [1.82, 2.24) is 20.0 Å². The molecule has 2 aromatic heterocycles. The largest absolute Gasteiger partial charge is 0.480 e. The van der Waals surface area contributed by atoms with Crippen molar-refractivity contribution in [1.29, 1.82) is 0 Å². The number of aromatic nitrogens is 4. The molecule has 0 unspecified atom stereocenters. The number of alkyl halides is 2. The van der Waals surface area contributed by atoms with Gasteiger partial charge in [-0.05, 0) is 5.56 Å². The summed E-state index contributed by atoms with van der Waals surface area (Å²) in [6, 6.07) is 6.44. The lowest BCUT2D eigenvalue weighted by molar-refractivity contribution is 0.150. The van der Waals surface area contributed by atoms with E-state index in [0.29, 0.717) is 36.6 Å². The molecule has 0 aliphatic carbocycles. The summed E-state index contributed by atoms with van der Waals surface area (Å²) < 4.78 is 33.8. The lowest BCUT2D eigenvalue weighted by Gasteiger charge is -2.29. The Morgan fingerprint density at radius 1 is 1.34 bits per heavy atom. The number of ether oxygens (including phenoxy) is 1. The molecule has 152 valence electrons. The second-order valence-electron chi connectivity index (χ2n) is 6.66. The molecule has 1 aliphatic rings. The van der Waals surface area contributed by atoms with Crippen LogP contribution in [0.1, 0.15) is 28.8 Å². The highest BCUT2D eigenvalue weighted by Gasteiger charge is 2.28. The molecule has 0 saturated carbocycles. The third-order valence-electron chi connectivity index (χ3n) is 5.02. The molecular weight excluding hydrogens is 404 g/mol. The van der Waals surface area contributed by atoms with Crippen LogP contribution in [0.5, 0.6) is 5.88 Å². The Bertz CT molecular complexity index is 1100. The number of H-pyrrole nitrogens is 1. The molecule has 4 rings (SSSR count). The molecule has 3 heterocycles. The lowest BCUT2D eigenvalue weighted by atomic mass is 10.1. The molecule has 0 fully saturated rings. The van der Waals surface area contributed by atoms with Crippen molar-refractivity contribution in [3.8, 4) is 5.88 Å². The number of fused-ring (bicyclic) bond motifs is 1. The zero-order chi connectivity index (χ0) is 20.5. The number of nitrogens with one attached hydrogen (secondary N) is 1. The van der Waals surface area contributed by atoms with E-state index < -0.39 is 12.0 Å². The molecule has 29 heavy (non-hydrogen) atoms. The van der Waals surface area contributed by atoms with Crippen molar-refractivity contribution in [2.45, 2.75) is 25.9 Å². The first-order chi connectivity index (χ1) is 14.0. The third kappa shape index (κ3) is 3.57. The zero-order valence-corrected chi connectivity index (χ0v) is 16.3. The van der Waals surface area contributed by atoms with Gasteiger partial charge in [0, 0.05) is 24.2 Å². The van der Waals surface area contributed by atoms with Gasteiger partial charge in [0.25, 0.3) is 12.0 Å². The van der Waals surface area contributed by atoms with Crippen LogP contribution >= 0.6 is 11.6 Å². The minimum atomic E-state index is -2.55. The highest BCUT2D eigenvalue weighted by atomic mass is 35.5. The normalized spacial score (nSPS) is 13.6. The van der Waals surface area contributed by atoms with Gasteiger partial charge in [-0.25, -0.2) is 13.9 Å². The summed E-state index contributed by atoms with van der Waals surface area (Å²) in [7, 11) is 1.51. The highest BCUT2D eigenvalue weighted by Crippen LogP contribution is 2.33. The first kappa shape index (κ1) is 19.4. The zero-order valence-electron chi connectivity index (χ0n) is 15.5. The molecular formula is C19H18ClF2N5O2. The van der Waals surface area contributed by atoms with Crippen LogP contribution in [-0.4, -0.2) is 33.6 Å². The SMILES string of the molecule is COc1nn(Cc2ccccc2C(F)F)c2c1CN(c1cn[nH]c(=O)c1Cl)CC2. The van der Waals surface area contributed by atoms with E-state index >= 15 is 0 Å². The number of methoxy groups -OCH3 is 1. The summed E-state index contributed by atoms with van der Waals surface area (Å²) in [6.07, 6.45) is -0.461. The summed E-state index contributed by atoms with van der Waals surface area (Å²) in [4.78, 5) is 13.7. The maximum atomic E-state index is 13.3. The summed E-state index contributed by atoms with van der Waals surface area (Å²) in [5.74, 6) is 0.424. The van der Waals surface area contributed by atoms with Gasteiger partial charge in [-0.1, -0.05) is 35.9 Å². The van der Waals surface area contributed by atoms with Crippen molar-refractivity contribution in [2.24, 2.45) is 0 Å². The van der Waals surface area contributed by atoms with Crippen molar-refractivity contribution in [2.75, 3.05) is 18.6 Å². The molecule has 0 atom stereocenters. The van der Waals surface area contributed by atoms with Crippen LogP contribution in [0.4, 0.5) is 14.5 Å². The van der Waals surface area contributed by atoms with E-state index in [0.717, 1.165) is 11.3 Å². The fraction of sp³-hybridized carbons (Fsp3) is 0.316. The second kappa shape index (κ2) is 7.82. The van der Waals surface area contributed by atoms with Gasteiger partial charge in [0.15, 0.2) is 0 Å². The van der Waals surface area contributed by atoms with Gasteiger partial charge >= 0.3 is 0 Å². The van der Waals surface area contributed by atoms with Crippen LogP contribution in [-0.2, 0) is 19.5 Å². The Balaban J connectivity index is 1.68. The van der Waals surface area contributed by atoms with Crippen LogP contribution in [0, 0.1) is 0 Å². The monoisotopic (exact) mass is 421 g/mol. The van der Waals surface area contributed by atoms with Gasteiger partial charge in [0.2, 0.25) is 5.88 Å². The summed E-state index contributed by atoms with van der Waals surface area (Å²) >= 11 is 6.14. The van der Waals surface area contributed by atoms with Crippen LogP contribution in [0.25, 0.3) is 0 Å². The molecule has 0 radical (unpaired) electrons. The quantitative estimate of drug-likeness (QED) is 0.684. The molecule has 0 bridgehead atoms. The first-order valence-corrected chi connectivity index (χ1v) is 9.34. The minimum Gasteiger partial charge on any atom is -0.480 e. The van der Waals surface area contributed by atoms with Crippen LogP contribution in [0.3, 0.4) is 0 Å². The molecule has 1 aromatic carbocycles. The Morgan fingerprint density at radius 3 is 2.90 bits per heavy atom. The number of halogens is 3. The summed E-state index contributed by atoms with van der Waals surface area (Å²) in [5.41, 5.74) is 2.33. The van der Waals surface area contributed by atoms with Crippen LogP contribution in [0.2, 0.25) is 5.02 Å². The van der Waals surface area contributed by atoms with Crippen molar-refractivity contribution in [3.05, 3.63) is 68.2 Å².